The number of nitrogens with zero attached hydrogens (tertiary/aromatic N) is 2. The third kappa shape index (κ3) is 6.28. The van der Waals surface area contributed by atoms with Crippen molar-refractivity contribution in [1.82, 2.24) is 9.55 Å². The molecule has 0 aliphatic carbocycles. The van der Waals surface area contributed by atoms with Crippen LogP contribution in [0.25, 0.3) is 0 Å². The summed E-state index contributed by atoms with van der Waals surface area (Å²) in [5.41, 5.74) is 0. The minimum atomic E-state index is 0.912. The van der Waals surface area contributed by atoms with E-state index >= 15 is 0 Å². The molecule has 0 aromatic carbocycles. The fraction of sp³-hybridized carbons (Fsp3) is 0.750. The number of hydrogen-bond acceptors (Lipinski definition) is 2. The van der Waals surface area contributed by atoms with Gasteiger partial charge in [-0.2, -0.15) is 0 Å². The molecule has 1 heterocycles. The molecule has 0 spiro atoms. The maximum absolute atomic E-state index is 5.01. The van der Waals surface area contributed by atoms with E-state index in [-0.39, 0.29) is 0 Å². The minimum absolute atomic E-state index is 0.912. The van der Waals surface area contributed by atoms with Crippen molar-refractivity contribution in [3.05, 3.63) is 18.7 Å². The average molecular weight is 210 g/mol. The van der Waals surface area contributed by atoms with Gasteiger partial charge >= 0.3 is 0 Å². The molecule has 1 rings (SSSR count). The zero-order valence-corrected chi connectivity index (χ0v) is 9.69. The molecule has 86 valence electrons. The highest BCUT2D eigenvalue weighted by molar-refractivity contribution is 4.73. The van der Waals surface area contributed by atoms with E-state index in [0.29, 0.717) is 0 Å². The molecule has 0 amide bonds. The predicted molar refractivity (Wildman–Crippen MR) is 61.8 cm³/mol. The summed E-state index contributed by atoms with van der Waals surface area (Å²) >= 11 is 0. The van der Waals surface area contributed by atoms with Crippen LogP contribution in [0.4, 0.5) is 0 Å². The van der Waals surface area contributed by atoms with Gasteiger partial charge in [-0.1, -0.05) is 25.7 Å². The summed E-state index contributed by atoms with van der Waals surface area (Å²) in [6.45, 7) is 2.02. The second-order valence-electron chi connectivity index (χ2n) is 3.91. The average Bonchev–Trinajstić information content (AvgIpc) is 2.75. The zero-order chi connectivity index (χ0) is 10.8. The van der Waals surface area contributed by atoms with Crippen LogP contribution in [-0.4, -0.2) is 23.3 Å². The Morgan fingerprint density at radius 1 is 1.07 bits per heavy atom. The van der Waals surface area contributed by atoms with Crippen LogP contribution in [0, 0.1) is 0 Å². The van der Waals surface area contributed by atoms with Gasteiger partial charge < -0.3 is 9.30 Å². The van der Waals surface area contributed by atoms with E-state index in [1.54, 1.807) is 7.11 Å². The first kappa shape index (κ1) is 12.2. The maximum Gasteiger partial charge on any atom is 0.0945 e. The fourth-order valence-electron chi connectivity index (χ4n) is 1.67. The molecule has 0 saturated carbocycles. The van der Waals surface area contributed by atoms with Crippen molar-refractivity contribution in [2.45, 2.75) is 45.1 Å². The molecule has 0 aliphatic rings. The Morgan fingerprint density at radius 3 is 2.47 bits per heavy atom. The highest BCUT2D eigenvalue weighted by atomic mass is 16.5. The molecule has 0 fully saturated rings. The van der Waals surface area contributed by atoms with Gasteiger partial charge in [0, 0.05) is 32.7 Å². The molecule has 3 nitrogen and oxygen atoms in total. The van der Waals surface area contributed by atoms with Crippen molar-refractivity contribution in [3.8, 4) is 0 Å². The largest absolute Gasteiger partial charge is 0.385 e. The summed E-state index contributed by atoms with van der Waals surface area (Å²) in [4.78, 5) is 4.02. The van der Waals surface area contributed by atoms with Crippen molar-refractivity contribution in [3.63, 3.8) is 0 Å². The number of ether oxygens (including phenoxy) is 1. The zero-order valence-electron chi connectivity index (χ0n) is 9.69. The molecule has 0 atom stereocenters. The van der Waals surface area contributed by atoms with Crippen LogP contribution >= 0.6 is 0 Å². The van der Waals surface area contributed by atoms with Gasteiger partial charge in [0.1, 0.15) is 0 Å². The highest BCUT2D eigenvalue weighted by Gasteiger charge is 1.92. The van der Waals surface area contributed by atoms with Gasteiger partial charge in [-0.25, -0.2) is 4.98 Å². The van der Waals surface area contributed by atoms with Crippen molar-refractivity contribution >= 4 is 0 Å². The lowest BCUT2D eigenvalue weighted by Gasteiger charge is -2.02. The lowest BCUT2D eigenvalue weighted by Crippen LogP contribution is -1.94. The summed E-state index contributed by atoms with van der Waals surface area (Å²) in [5, 5.41) is 0. The first-order chi connectivity index (χ1) is 7.43. The Balaban J connectivity index is 1.81. The van der Waals surface area contributed by atoms with E-state index in [1.807, 2.05) is 18.7 Å². The summed E-state index contributed by atoms with van der Waals surface area (Å²) in [6, 6.07) is 0. The molecule has 0 bridgehead atoms. The van der Waals surface area contributed by atoms with Gasteiger partial charge in [0.25, 0.3) is 0 Å². The molecule has 15 heavy (non-hydrogen) atoms. The number of rotatable bonds is 9. The van der Waals surface area contributed by atoms with E-state index in [0.717, 1.165) is 13.2 Å². The van der Waals surface area contributed by atoms with Gasteiger partial charge in [-0.15, -0.1) is 0 Å². The second kappa shape index (κ2) is 8.48. The van der Waals surface area contributed by atoms with Gasteiger partial charge in [0.15, 0.2) is 0 Å². The van der Waals surface area contributed by atoms with Gasteiger partial charge in [0.2, 0.25) is 0 Å². The summed E-state index contributed by atoms with van der Waals surface area (Å²) < 4.78 is 7.15. The Bertz CT molecular complexity index is 222. The van der Waals surface area contributed by atoms with E-state index in [4.69, 9.17) is 4.74 Å². The number of unbranched alkanes of at least 4 members (excludes halogenated alkanes) is 5. The minimum Gasteiger partial charge on any atom is -0.385 e. The fourth-order valence-corrected chi connectivity index (χ4v) is 1.67. The number of hydrogen-bond donors (Lipinski definition) is 0. The van der Waals surface area contributed by atoms with Crippen LogP contribution in [0.2, 0.25) is 0 Å². The van der Waals surface area contributed by atoms with E-state index in [1.165, 1.54) is 38.5 Å². The van der Waals surface area contributed by atoms with Crippen LogP contribution in [0.5, 0.6) is 0 Å². The maximum atomic E-state index is 5.01. The van der Waals surface area contributed by atoms with Crippen molar-refractivity contribution in [2.75, 3.05) is 13.7 Å². The number of imidazole rings is 1. The van der Waals surface area contributed by atoms with E-state index in [2.05, 4.69) is 9.55 Å². The Kier molecular flexibility index (Phi) is 6.92. The topological polar surface area (TPSA) is 27.1 Å². The van der Waals surface area contributed by atoms with Gasteiger partial charge in [-0.05, 0) is 12.8 Å². The predicted octanol–water partition coefficient (Wildman–Crippen LogP) is 2.87. The summed E-state index contributed by atoms with van der Waals surface area (Å²) in [7, 11) is 1.77. The van der Waals surface area contributed by atoms with Crippen LogP contribution in [0.1, 0.15) is 38.5 Å². The molecule has 0 aliphatic heterocycles. The molecule has 0 radical (unpaired) electrons. The molecule has 1 aromatic heterocycles. The first-order valence-electron chi connectivity index (χ1n) is 5.88. The van der Waals surface area contributed by atoms with Crippen LogP contribution in [0.3, 0.4) is 0 Å². The van der Waals surface area contributed by atoms with E-state index in [9.17, 15) is 0 Å². The Hall–Kier alpha value is -0.830. The molecule has 0 N–H and O–H groups in total. The third-order valence-electron chi connectivity index (χ3n) is 2.57. The Labute approximate surface area is 92.5 Å². The smallest absolute Gasteiger partial charge is 0.0945 e. The summed E-state index contributed by atoms with van der Waals surface area (Å²) in [6.07, 6.45) is 13.5. The van der Waals surface area contributed by atoms with Crippen LogP contribution < -0.4 is 0 Å². The first-order valence-corrected chi connectivity index (χ1v) is 5.88. The highest BCUT2D eigenvalue weighted by Crippen LogP contribution is 2.06. The summed E-state index contributed by atoms with van der Waals surface area (Å²) in [5.74, 6) is 0. The van der Waals surface area contributed by atoms with Gasteiger partial charge in [-0.3, -0.25) is 0 Å². The number of aryl methyl sites for hydroxylation is 1. The second-order valence-corrected chi connectivity index (χ2v) is 3.91. The monoisotopic (exact) mass is 210 g/mol. The van der Waals surface area contributed by atoms with Crippen LogP contribution in [-0.2, 0) is 11.3 Å². The molecule has 0 saturated heterocycles. The number of methoxy groups -OCH3 is 1. The van der Waals surface area contributed by atoms with Crippen LogP contribution in [0.15, 0.2) is 18.7 Å². The van der Waals surface area contributed by atoms with E-state index < -0.39 is 0 Å². The standard InChI is InChI=1S/C12H22N2O/c1-15-11-7-5-3-2-4-6-9-14-10-8-13-12-14/h8,10,12H,2-7,9,11H2,1H3. The molecule has 0 unspecified atom stereocenters. The SMILES string of the molecule is COCCCCCCCCn1ccnc1. The lowest BCUT2D eigenvalue weighted by atomic mass is 10.1. The Morgan fingerprint density at radius 2 is 1.80 bits per heavy atom. The molecule has 3 heteroatoms. The van der Waals surface area contributed by atoms with Crippen molar-refractivity contribution < 1.29 is 4.74 Å². The molecular formula is C12H22N2O. The lowest BCUT2D eigenvalue weighted by molar-refractivity contribution is 0.192. The quantitative estimate of drug-likeness (QED) is 0.586. The normalized spacial score (nSPS) is 10.7. The molecule has 1 aromatic rings. The number of aromatic nitrogens is 2. The van der Waals surface area contributed by atoms with Crippen molar-refractivity contribution in [1.29, 1.82) is 0 Å². The van der Waals surface area contributed by atoms with Crippen molar-refractivity contribution in [2.24, 2.45) is 0 Å². The third-order valence-corrected chi connectivity index (χ3v) is 2.57. The van der Waals surface area contributed by atoms with Gasteiger partial charge in [0.05, 0.1) is 6.33 Å². The molecular weight excluding hydrogens is 188 g/mol.